The molecule has 94 valence electrons. The first-order valence-electron chi connectivity index (χ1n) is 5.24. The minimum atomic E-state index is -0.510. The van der Waals surface area contributed by atoms with E-state index in [1.54, 1.807) is 12.3 Å². The molecule has 0 saturated carbocycles. The van der Waals surface area contributed by atoms with Gasteiger partial charge in [0.05, 0.1) is 23.4 Å². The van der Waals surface area contributed by atoms with Crippen molar-refractivity contribution in [1.82, 2.24) is 9.97 Å². The molecule has 1 aromatic heterocycles. The zero-order valence-electron chi connectivity index (χ0n) is 9.61. The number of benzene rings is 1. The van der Waals surface area contributed by atoms with Crippen molar-refractivity contribution in [3.8, 4) is 0 Å². The topological polar surface area (TPSA) is 83.8 Å². The maximum Gasteiger partial charge on any atom is 0.288 e. The molecule has 2 rings (SSSR count). The lowest BCUT2D eigenvalue weighted by Crippen LogP contribution is -2.00. The monoisotopic (exact) mass is 266 g/mol. The van der Waals surface area contributed by atoms with E-state index in [9.17, 15) is 10.1 Å². The van der Waals surface area contributed by atoms with Crippen LogP contribution in [0.4, 0.5) is 11.4 Å². The number of nitro benzene ring substituents is 1. The SMILES string of the molecule is Cc1ncc(CNc2ccc([N+](=O)[O-])c(Cl)c2)[nH]1. The summed E-state index contributed by atoms with van der Waals surface area (Å²) < 4.78 is 0. The molecule has 2 aromatic rings. The first-order valence-corrected chi connectivity index (χ1v) is 5.62. The summed E-state index contributed by atoms with van der Waals surface area (Å²) in [6.45, 7) is 2.42. The number of aromatic amines is 1. The molecule has 0 atom stereocenters. The van der Waals surface area contributed by atoms with Gasteiger partial charge in [-0.25, -0.2) is 4.98 Å². The number of rotatable bonds is 4. The van der Waals surface area contributed by atoms with E-state index in [0.29, 0.717) is 6.54 Å². The Bertz CT molecular complexity index is 582. The number of imidazole rings is 1. The molecule has 18 heavy (non-hydrogen) atoms. The van der Waals surface area contributed by atoms with Crippen molar-refractivity contribution in [1.29, 1.82) is 0 Å². The standard InChI is InChI=1S/C11H11ClN4O2/c1-7-13-5-9(15-7)6-14-8-2-3-11(16(17)18)10(12)4-8/h2-5,14H,6H2,1H3,(H,13,15). The molecule has 7 heteroatoms. The Morgan fingerprint density at radius 1 is 1.56 bits per heavy atom. The third kappa shape index (κ3) is 2.78. The molecular formula is C11H11ClN4O2. The van der Waals surface area contributed by atoms with Gasteiger partial charge in [-0.05, 0) is 19.1 Å². The Morgan fingerprint density at radius 3 is 2.89 bits per heavy atom. The van der Waals surface area contributed by atoms with Crippen LogP contribution >= 0.6 is 11.6 Å². The van der Waals surface area contributed by atoms with Crippen molar-refractivity contribution < 1.29 is 4.92 Å². The fraction of sp³-hybridized carbons (Fsp3) is 0.182. The minimum Gasteiger partial charge on any atom is -0.379 e. The molecule has 1 aromatic carbocycles. The van der Waals surface area contributed by atoms with Crippen LogP contribution in [0.2, 0.25) is 5.02 Å². The van der Waals surface area contributed by atoms with Crippen molar-refractivity contribution >= 4 is 23.0 Å². The molecule has 0 spiro atoms. The molecule has 0 saturated heterocycles. The van der Waals surface area contributed by atoms with Gasteiger partial charge in [0.1, 0.15) is 10.8 Å². The molecule has 1 heterocycles. The quantitative estimate of drug-likeness (QED) is 0.658. The number of hydrogen-bond donors (Lipinski definition) is 2. The molecule has 6 nitrogen and oxygen atoms in total. The second kappa shape index (κ2) is 5.05. The highest BCUT2D eigenvalue weighted by atomic mass is 35.5. The van der Waals surface area contributed by atoms with Crippen LogP contribution in [0.1, 0.15) is 11.5 Å². The summed E-state index contributed by atoms with van der Waals surface area (Å²) in [5.74, 6) is 0.841. The third-order valence-electron chi connectivity index (χ3n) is 2.38. The number of nitrogens with one attached hydrogen (secondary N) is 2. The smallest absolute Gasteiger partial charge is 0.288 e. The summed E-state index contributed by atoms with van der Waals surface area (Å²) in [7, 11) is 0. The van der Waals surface area contributed by atoms with E-state index in [1.807, 2.05) is 6.92 Å². The number of anilines is 1. The van der Waals surface area contributed by atoms with Gasteiger partial charge in [0.15, 0.2) is 0 Å². The maximum atomic E-state index is 10.6. The highest BCUT2D eigenvalue weighted by Crippen LogP contribution is 2.27. The summed E-state index contributed by atoms with van der Waals surface area (Å²) >= 11 is 5.81. The Morgan fingerprint density at radius 2 is 2.33 bits per heavy atom. The zero-order chi connectivity index (χ0) is 13.1. The van der Waals surface area contributed by atoms with Gasteiger partial charge in [0.2, 0.25) is 0 Å². The molecule has 0 fully saturated rings. The van der Waals surface area contributed by atoms with Crippen molar-refractivity contribution in [3.63, 3.8) is 0 Å². The summed E-state index contributed by atoms with van der Waals surface area (Å²) in [5, 5.41) is 13.8. The summed E-state index contributed by atoms with van der Waals surface area (Å²) in [6, 6.07) is 4.53. The Kier molecular flexibility index (Phi) is 3.47. The second-order valence-electron chi connectivity index (χ2n) is 3.77. The van der Waals surface area contributed by atoms with Crippen molar-refractivity contribution in [2.45, 2.75) is 13.5 Å². The minimum absolute atomic E-state index is 0.0976. The summed E-state index contributed by atoms with van der Waals surface area (Å²) in [4.78, 5) is 17.2. The van der Waals surface area contributed by atoms with Gasteiger partial charge in [-0.1, -0.05) is 11.6 Å². The largest absolute Gasteiger partial charge is 0.379 e. The van der Waals surface area contributed by atoms with Gasteiger partial charge in [-0.15, -0.1) is 0 Å². The fourth-order valence-corrected chi connectivity index (χ4v) is 1.77. The van der Waals surface area contributed by atoms with Gasteiger partial charge in [-0.2, -0.15) is 0 Å². The molecule has 0 unspecified atom stereocenters. The molecule has 0 aliphatic heterocycles. The Labute approximate surface area is 108 Å². The maximum absolute atomic E-state index is 10.6. The van der Waals surface area contributed by atoms with E-state index in [-0.39, 0.29) is 10.7 Å². The molecule has 0 bridgehead atoms. The van der Waals surface area contributed by atoms with E-state index in [4.69, 9.17) is 11.6 Å². The molecule has 0 aliphatic rings. The lowest BCUT2D eigenvalue weighted by atomic mass is 10.3. The Hall–Kier alpha value is -2.08. The number of H-pyrrole nitrogens is 1. The van der Waals surface area contributed by atoms with Crippen LogP contribution in [0.15, 0.2) is 24.4 Å². The van der Waals surface area contributed by atoms with Crippen molar-refractivity contribution in [2.24, 2.45) is 0 Å². The van der Waals surface area contributed by atoms with Crippen LogP contribution in [0.5, 0.6) is 0 Å². The van der Waals surface area contributed by atoms with Crippen LogP contribution in [0.25, 0.3) is 0 Å². The predicted octanol–water partition coefficient (Wildman–Crippen LogP) is 2.89. The molecule has 0 amide bonds. The third-order valence-corrected chi connectivity index (χ3v) is 2.69. The predicted molar refractivity (Wildman–Crippen MR) is 68.8 cm³/mol. The number of nitrogens with zero attached hydrogens (tertiary/aromatic N) is 2. The molecule has 0 radical (unpaired) electrons. The fourth-order valence-electron chi connectivity index (χ4n) is 1.52. The van der Waals surface area contributed by atoms with E-state index >= 15 is 0 Å². The van der Waals surface area contributed by atoms with E-state index < -0.39 is 4.92 Å². The van der Waals surface area contributed by atoms with E-state index in [0.717, 1.165) is 17.2 Å². The van der Waals surface area contributed by atoms with Gasteiger partial charge in [-0.3, -0.25) is 10.1 Å². The van der Waals surface area contributed by atoms with Crippen LogP contribution in [-0.2, 0) is 6.54 Å². The van der Waals surface area contributed by atoms with E-state index in [2.05, 4.69) is 15.3 Å². The molecule has 0 aliphatic carbocycles. The summed E-state index contributed by atoms with van der Waals surface area (Å²) in [5.41, 5.74) is 1.56. The first kappa shape index (κ1) is 12.4. The summed E-state index contributed by atoms with van der Waals surface area (Å²) in [6.07, 6.45) is 1.73. The molecule has 2 N–H and O–H groups in total. The van der Waals surface area contributed by atoms with E-state index in [1.165, 1.54) is 12.1 Å². The first-order chi connectivity index (χ1) is 8.56. The Balaban J connectivity index is 2.06. The normalized spacial score (nSPS) is 10.3. The number of aryl methyl sites for hydroxylation is 1. The highest BCUT2D eigenvalue weighted by Gasteiger charge is 2.11. The van der Waals surface area contributed by atoms with Crippen LogP contribution in [0.3, 0.4) is 0 Å². The van der Waals surface area contributed by atoms with Gasteiger partial charge < -0.3 is 10.3 Å². The zero-order valence-corrected chi connectivity index (χ0v) is 10.4. The lowest BCUT2D eigenvalue weighted by Gasteiger charge is -2.05. The number of aromatic nitrogens is 2. The van der Waals surface area contributed by atoms with Crippen LogP contribution in [-0.4, -0.2) is 14.9 Å². The van der Waals surface area contributed by atoms with Crippen molar-refractivity contribution in [2.75, 3.05) is 5.32 Å². The lowest BCUT2D eigenvalue weighted by molar-refractivity contribution is -0.384. The van der Waals surface area contributed by atoms with Gasteiger partial charge >= 0.3 is 0 Å². The number of nitro groups is 1. The molecular weight excluding hydrogens is 256 g/mol. The number of halogens is 1. The average Bonchev–Trinajstić information content (AvgIpc) is 2.72. The van der Waals surface area contributed by atoms with Crippen molar-refractivity contribution in [3.05, 3.63) is 51.1 Å². The van der Waals surface area contributed by atoms with Gasteiger partial charge in [0.25, 0.3) is 5.69 Å². The number of hydrogen-bond acceptors (Lipinski definition) is 4. The van der Waals surface area contributed by atoms with Crippen LogP contribution in [0, 0.1) is 17.0 Å². The second-order valence-corrected chi connectivity index (χ2v) is 4.18. The van der Waals surface area contributed by atoms with Crippen LogP contribution < -0.4 is 5.32 Å². The highest BCUT2D eigenvalue weighted by molar-refractivity contribution is 6.32. The van der Waals surface area contributed by atoms with Gasteiger partial charge in [0, 0.05) is 11.8 Å². The average molecular weight is 267 g/mol.